The number of esters is 1. The van der Waals surface area contributed by atoms with Crippen molar-refractivity contribution in [2.45, 2.75) is 19.4 Å². The summed E-state index contributed by atoms with van der Waals surface area (Å²) in [6, 6.07) is 20.7. The van der Waals surface area contributed by atoms with Gasteiger partial charge in [0.2, 0.25) is 0 Å². The van der Waals surface area contributed by atoms with Crippen LogP contribution in [0.15, 0.2) is 66.7 Å². The van der Waals surface area contributed by atoms with E-state index in [1.54, 1.807) is 4.90 Å². The fourth-order valence-corrected chi connectivity index (χ4v) is 4.49. The Bertz CT molecular complexity index is 1190. The van der Waals surface area contributed by atoms with E-state index in [1.807, 2.05) is 78.2 Å². The van der Waals surface area contributed by atoms with Crippen LogP contribution in [0.4, 0.5) is 4.79 Å². The minimum atomic E-state index is -1.07. The Morgan fingerprint density at radius 1 is 1.00 bits per heavy atom. The van der Waals surface area contributed by atoms with Crippen molar-refractivity contribution in [1.29, 1.82) is 0 Å². The Labute approximate surface area is 198 Å². The van der Waals surface area contributed by atoms with Crippen LogP contribution in [0, 0.1) is 6.92 Å². The molecular formula is C26H27N3O5. The van der Waals surface area contributed by atoms with Crippen LogP contribution in [-0.4, -0.2) is 70.2 Å². The summed E-state index contributed by atoms with van der Waals surface area (Å²) >= 11 is 0. The molecule has 1 aliphatic rings. The van der Waals surface area contributed by atoms with E-state index in [4.69, 9.17) is 4.74 Å². The van der Waals surface area contributed by atoms with Gasteiger partial charge in [0.25, 0.3) is 5.91 Å². The highest BCUT2D eigenvalue weighted by Crippen LogP contribution is 2.32. The van der Waals surface area contributed by atoms with Gasteiger partial charge in [-0.25, -0.2) is 4.79 Å². The minimum Gasteiger partial charge on any atom is -0.469 e. The molecule has 1 N–H and O–H groups in total. The van der Waals surface area contributed by atoms with E-state index in [-0.39, 0.29) is 32.0 Å². The highest BCUT2D eigenvalue weighted by molar-refractivity contribution is 6.01. The second kappa shape index (κ2) is 9.82. The van der Waals surface area contributed by atoms with E-state index in [2.05, 4.69) is 0 Å². The van der Waals surface area contributed by atoms with Crippen LogP contribution in [0.2, 0.25) is 0 Å². The van der Waals surface area contributed by atoms with Gasteiger partial charge in [0, 0.05) is 31.0 Å². The van der Waals surface area contributed by atoms with Crippen LogP contribution >= 0.6 is 0 Å². The Hall–Kier alpha value is -4.07. The number of benzene rings is 2. The van der Waals surface area contributed by atoms with Crippen molar-refractivity contribution in [2.75, 3.05) is 26.7 Å². The van der Waals surface area contributed by atoms with Crippen LogP contribution in [0.3, 0.4) is 0 Å². The van der Waals surface area contributed by atoms with Gasteiger partial charge < -0.3 is 24.2 Å². The first-order chi connectivity index (χ1) is 16.4. The lowest BCUT2D eigenvalue weighted by atomic mass is 10.0. The Morgan fingerprint density at radius 3 is 2.26 bits per heavy atom. The summed E-state index contributed by atoms with van der Waals surface area (Å²) in [5.41, 5.74) is 3.97. The number of methoxy groups -OCH3 is 1. The first-order valence-corrected chi connectivity index (χ1v) is 11.1. The monoisotopic (exact) mass is 461 g/mol. The molecule has 1 saturated heterocycles. The van der Waals surface area contributed by atoms with Crippen LogP contribution < -0.4 is 0 Å². The maximum atomic E-state index is 13.9. The highest BCUT2D eigenvalue weighted by atomic mass is 16.5. The number of ether oxygens (including phenoxy) is 1. The summed E-state index contributed by atoms with van der Waals surface area (Å²) in [5, 5.41) is 9.45. The Morgan fingerprint density at radius 2 is 1.65 bits per heavy atom. The predicted octanol–water partition coefficient (Wildman–Crippen LogP) is 3.82. The molecule has 1 fully saturated rings. The molecule has 3 aromatic rings. The summed E-state index contributed by atoms with van der Waals surface area (Å²) in [5.74, 6) is -0.730. The molecule has 2 aromatic carbocycles. The minimum absolute atomic E-state index is 0.0508. The molecule has 8 nitrogen and oxygen atoms in total. The van der Waals surface area contributed by atoms with E-state index < -0.39 is 18.1 Å². The SMILES string of the molecule is COC(=O)CC1CN(C(=O)O)CCN1C(=O)c1cc(C)n(-c2ccccc2)c1-c1ccccc1. The smallest absolute Gasteiger partial charge is 0.407 e. The number of carbonyl (C=O) groups excluding carboxylic acids is 2. The van der Waals surface area contributed by atoms with E-state index in [0.29, 0.717) is 5.56 Å². The lowest BCUT2D eigenvalue weighted by Gasteiger charge is -2.40. The molecule has 176 valence electrons. The maximum absolute atomic E-state index is 13.9. The molecule has 0 aliphatic carbocycles. The molecule has 0 radical (unpaired) electrons. The van der Waals surface area contributed by atoms with Crippen LogP contribution in [0.25, 0.3) is 16.9 Å². The highest BCUT2D eigenvalue weighted by Gasteiger charge is 2.36. The number of aromatic nitrogens is 1. The molecule has 1 aliphatic heterocycles. The summed E-state index contributed by atoms with van der Waals surface area (Å²) in [7, 11) is 1.28. The van der Waals surface area contributed by atoms with Gasteiger partial charge in [-0.2, -0.15) is 0 Å². The summed E-state index contributed by atoms with van der Waals surface area (Å²) < 4.78 is 6.86. The normalized spacial score (nSPS) is 15.8. The first kappa shape index (κ1) is 23.1. The van der Waals surface area contributed by atoms with Crippen LogP contribution in [0.1, 0.15) is 22.5 Å². The van der Waals surface area contributed by atoms with E-state index in [0.717, 1.165) is 22.6 Å². The molecule has 2 amide bonds. The zero-order valence-electron chi connectivity index (χ0n) is 19.2. The number of rotatable bonds is 5. The lowest BCUT2D eigenvalue weighted by Crippen LogP contribution is -2.57. The average molecular weight is 462 g/mol. The molecule has 4 rings (SSSR count). The van der Waals surface area contributed by atoms with E-state index in [1.165, 1.54) is 12.0 Å². The second-order valence-corrected chi connectivity index (χ2v) is 8.25. The van der Waals surface area contributed by atoms with Crippen LogP contribution in [-0.2, 0) is 9.53 Å². The number of aryl methyl sites for hydroxylation is 1. The Kier molecular flexibility index (Phi) is 6.67. The number of para-hydroxylation sites is 1. The zero-order chi connectivity index (χ0) is 24.2. The summed E-state index contributed by atoms with van der Waals surface area (Å²) in [6.45, 7) is 2.37. The van der Waals surface area contributed by atoms with Gasteiger partial charge in [-0.15, -0.1) is 0 Å². The van der Waals surface area contributed by atoms with Gasteiger partial charge in [-0.05, 0) is 30.7 Å². The van der Waals surface area contributed by atoms with Gasteiger partial charge in [0.1, 0.15) is 0 Å². The number of hydrogen-bond donors (Lipinski definition) is 1. The molecule has 1 unspecified atom stereocenters. The molecule has 0 spiro atoms. The largest absolute Gasteiger partial charge is 0.469 e. The molecule has 1 atom stereocenters. The van der Waals surface area contributed by atoms with Crippen molar-refractivity contribution in [2.24, 2.45) is 0 Å². The van der Waals surface area contributed by atoms with E-state index in [9.17, 15) is 19.5 Å². The fourth-order valence-electron chi connectivity index (χ4n) is 4.49. The van der Waals surface area contributed by atoms with Crippen molar-refractivity contribution in [1.82, 2.24) is 14.4 Å². The van der Waals surface area contributed by atoms with Gasteiger partial charge >= 0.3 is 12.1 Å². The third kappa shape index (κ3) is 4.52. The standard InChI is InChI=1S/C26H27N3O5/c1-18-15-22(24(19-9-5-3-6-10-19)29(18)20-11-7-4-8-12-20)25(31)28-14-13-27(26(32)33)17-21(28)16-23(30)34-2/h3-12,15,21H,13-14,16-17H2,1-2H3,(H,32,33). The van der Waals surface area contributed by atoms with Crippen LogP contribution in [0.5, 0.6) is 0 Å². The predicted molar refractivity (Wildman–Crippen MR) is 127 cm³/mol. The quantitative estimate of drug-likeness (QED) is 0.583. The van der Waals surface area contributed by atoms with Crippen molar-refractivity contribution in [3.05, 3.63) is 78.0 Å². The first-order valence-electron chi connectivity index (χ1n) is 11.1. The summed E-state index contributed by atoms with van der Waals surface area (Å²) in [4.78, 5) is 40.4. The van der Waals surface area contributed by atoms with Gasteiger partial charge in [0.15, 0.2) is 0 Å². The zero-order valence-corrected chi connectivity index (χ0v) is 19.2. The number of carboxylic acid groups (broad SMARTS) is 1. The van der Waals surface area contributed by atoms with E-state index >= 15 is 0 Å². The molecule has 8 heteroatoms. The van der Waals surface area contributed by atoms with Crippen molar-refractivity contribution in [3.63, 3.8) is 0 Å². The lowest BCUT2D eigenvalue weighted by molar-refractivity contribution is -0.142. The average Bonchev–Trinajstić information content (AvgIpc) is 3.21. The van der Waals surface area contributed by atoms with Gasteiger partial charge in [0.05, 0.1) is 30.8 Å². The number of nitrogens with zero attached hydrogens (tertiary/aromatic N) is 3. The van der Waals surface area contributed by atoms with Crippen molar-refractivity contribution in [3.8, 4) is 16.9 Å². The van der Waals surface area contributed by atoms with Crippen molar-refractivity contribution >= 4 is 18.0 Å². The van der Waals surface area contributed by atoms with Gasteiger partial charge in [-0.1, -0.05) is 48.5 Å². The maximum Gasteiger partial charge on any atom is 0.407 e. The molecule has 2 heterocycles. The third-order valence-corrected chi connectivity index (χ3v) is 6.12. The number of amides is 2. The molecular weight excluding hydrogens is 434 g/mol. The molecule has 0 bridgehead atoms. The molecule has 34 heavy (non-hydrogen) atoms. The molecule has 1 aromatic heterocycles. The summed E-state index contributed by atoms with van der Waals surface area (Å²) in [6.07, 6.45) is -1.15. The number of carbonyl (C=O) groups is 3. The van der Waals surface area contributed by atoms with Crippen molar-refractivity contribution < 1.29 is 24.2 Å². The second-order valence-electron chi connectivity index (χ2n) is 8.25. The third-order valence-electron chi connectivity index (χ3n) is 6.12. The van der Waals surface area contributed by atoms with Gasteiger partial charge in [-0.3, -0.25) is 9.59 Å². The number of hydrogen-bond acceptors (Lipinski definition) is 4. The Balaban J connectivity index is 1.79. The fraction of sp³-hybridized carbons (Fsp3) is 0.269. The number of piperazine rings is 1. The molecule has 0 saturated carbocycles. The topological polar surface area (TPSA) is 92.1 Å².